The molecule has 1 rings (SSSR count). The van der Waals surface area contributed by atoms with Crippen molar-refractivity contribution in [3.63, 3.8) is 0 Å². The van der Waals surface area contributed by atoms with Crippen molar-refractivity contribution < 1.29 is 9.13 Å². The molecule has 0 aliphatic heterocycles. The number of nitrogens with zero attached hydrogens (tertiary/aromatic N) is 1. The van der Waals surface area contributed by atoms with Crippen molar-refractivity contribution in [1.29, 1.82) is 0 Å². The first-order valence-corrected chi connectivity index (χ1v) is 5.54. The van der Waals surface area contributed by atoms with Gasteiger partial charge in [-0.3, -0.25) is 4.90 Å². The molecule has 84 valence electrons. The minimum Gasteiger partial charge on any atom is -0.383 e. The molecule has 0 spiro atoms. The van der Waals surface area contributed by atoms with E-state index in [0.29, 0.717) is 6.61 Å². The van der Waals surface area contributed by atoms with Crippen LogP contribution in [0.25, 0.3) is 0 Å². The summed E-state index contributed by atoms with van der Waals surface area (Å²) in [5.74, 6) is -0.217. The Kier molecular flexibility index (Phi) is 5.22. The summed E-state index contributed by atoms with van der Waals surface area (Å²) in [6, 6.07) is 4.76. The topological polar surface area (TPSA) is 12.5 Å². The average Bonchev–Trinajstić information content (AvgIpc) is 2.19. The highest BCUT2D eigenvalue weighted by Gasteiger charge is 2.04. The number of rotatable bonds is 5. The van der Waals surface area contributed by atoms with E-state index in [-0.39, 0.29) is 5.82 Å². The van der Waals surface area contributed by atoms with Crippen LogP contribution in [-0.2, 0) is 11.3 Å². The van der Waals surface area contributed by atoms with Crippen molar-refractivity contribution in [2.45, 2.75) is 6.54 Å². The van der Waals surface area contributed by atoms with Gasteiger partial charge in [-0.15, -0.1) is 0 Å². The van der Waals surface area contributed by atoms with Crippen molar-refractivity contribution >= 4 is 15.9 Å². The molecule has 0 fully saturated rings. The first-order chi connectivity index (χ1) is 7.13. The van der Waals surface area contributed by atoms with Crippen molar-refractivity contribution in [3.05, 3.63) is 34.1 Å². The van der Waals surface area contributed by atoms with Crippen LogP contribution in [-0.4, -0.2) is 32.2 Å². The summed E-state index contributed by atoms with van der Waals surface area (Å²) < 4.78 is 18.6. The monoisotopic (exact) mass is 275 g/mol. The number of likely N-dealkylation sites (N-methyl/N-ethyl adjacent to an activating group) is 1. The number of methoxy groups -OCH3 is 1. The molecular weight excluding hydrogens is 261 g/mol. The van der Waals surface area contributed by atoms with Crippen LogP contribution in [0.4, 0.5) is 4.39 Å². The van der Waals surface area contributed by atoms with E-state index in [1.807, 2.05) is 7.05 Å². The van der Waals surface area contributed by atoms with Gasteiger partial charge < -0.3 is 4.74 Å². The molecule has 0 amide bonds. The zero-order valence-corrected chi connectivity index (χ0v) is 10.6. The summed E-state index contributed by atoms with van der Waals surface area (Å²) >= 11 is 3.35. The van der Waals surface area contributed by atoms with E-state index in [1.54, 1.807) is 13.2 Å². The molecule has 0 saturated heterocycles. The molecule has 0 aliphatic rings. The lowest BCUT2D eigenvalue weighted by molar-refractivity contribution is 0.158. The second kappa shape index (κ2) is 6.20. The normalized spacial score (nSPS) is 11.0. The fourth-order valence-electron chi connectivity index (χ4n) is 1.27. The largest absolute Gasteiger partial charge is 0.383 e. The molecule has 0 saturated carbocycles. The van der Waals surface area contributed by atoms with E-state index in [2.05, 4.69) is 20.8 Å². The predicted octanol–water partition coefficient (Wildman–Crippen LogP) is 2.67. The van der Waals surface area contributed by atoms with Crippen molar-refractivity contribution in [3.8, 4) is 0 Å². The Balaban J connectivity index is 2.56. The Bertz CT molecular complexity index is 319. The molecule has 0 unspecified atom stereocenters. The van der Waals surface area contributed by atoms with Crippen molar-refractivity contribution in [1.82, 2.24) is 4.90 Å². The van der Waals surface area contributed by atoms with Crippen LogP contribution in [0.2, 0.25) is 0 Å². The molecular formula is C11H15BrFNO. The van der Waals surface area contributed by atoms with Gasteiger partial charge in [0.2, 0.25) is 0 Å². The van der Waals surface area contributed by atoms with Gasteiger partial charge in [0.25, 0.3) is 0 Å². The quantitative estimate of drug-likeness (QED) is 0.819. The van der Waals surface area contributed by atoms with Gasteiger partial charge in [0.1, 0.15) is 5.82 Å². The third kappa shape index (κ3) is 4.28. The van der Waals surface area contributed by atoms with Gasteiger partial charge in [-0.2, -0.15) is 0 Å². The lowest BCUT2D eigenvalue weighted by Gasteiger charge is -2.16. The minimum absolute atomic E-state index is 0.217. The van der Waals surface area contributed by atoms with E-state index in [9.17, 15) is 4.39 Å². The fourth-order valence-corrected chi connectivity index (χ4v) is 1.74. The molecule has 0 radical (unpaired) electrons. The maximum absolute atomic E-state index is 12.8. The van der Waals surface area contributed by atoms with Gasteiger partial charge in [-0.25, -0.2) is 4.39 Å². The molecule has 0 N–H and O–H groups in total. The van der Waals surface area contributed by atoms with Gasteiger partial charge in [0.15, 0.2) is 0 Å². The van der Waals surface area contributed by atoms with Gasteiger partial charge in [-0.05, 0) is 24.7 Å². The Morgan fingerprint density at radius 3 is 2.80 bits per heavy atom. The number of hydrogen-bond donors (Lipinski definition) is 0. The summed E-state index contributed by atoms with van der Waals surface area (Å²) in [6.45, 7) is 2.35. The second-order valence-corrected chi connectivity index (χ2v) is 4.32. The lowest BCUT2D eigenvalue weighted by atomic mass is 10.2. The molecule has 0 atom stereocenters. The minimum atomic E-state index is -0.217. The third-order valence-corrected chi connectivity index (χ3v) is 2.87. The van der Waals surface area contributed by atoms with E-state index < -0.39 is 0 Å². The molecule has 0 heterocycles. The standard InChI is InChI=1S/C11H15BrFNO/c1-14(5-6-15-2)8-9-3-4-10(13)7-11(9)12/h3-4,7H,5-6,8H2,1-2H3. The molecule has 15 heavy (non-hydrogen) atoms. The highest BCUT2D eigenvalue weighted by atomic mass is 79.9. The van der Waals surface area contributed by atoms with Crippen LogP contribution in [0.3, 0.4) is 0 Å². The van der Waals surface area contributed by atoms with Crippen LogP contribution < -0.4 is 0 Å². The van der Waals surface area contributed by atoms with E-state index in [1.165, 1.54) is 12.1 Å². The number of benzene rings is 1. The maximum atomic E-state index is 12.8. The number of ether oxygens (including phenoxy) is 1. The Labute approximate surface area is 98.2 Å². The van der Waals surface area contributed by atoms with Gasteiger partial charge in [-0.1, -0.05) is 22.0 Å². The molecule has 4 heteroatoms. The van der Waals surface area contributed by atoms with Crippen LogP contribution in [0, 0.1) is 5.82 Å². The van der Waals surface area contributed by atoms with Gasteiger partial charge in [0.05, 0.1) is 6.61 Å². The first-order valence-electron chi connectivity index (χ1n) is 4.75. The highest BCUT2D eigenvalue weighted by Crippen LogP contribution is 2.19. The lowest BCUT2D eigenvalue weighted by Crippen LogP contribution is -2.22. The Hall–Kier alpha value is -0.450. The summed E-state index contributed by atoms with van der Waals surface area (Å²) in [6.07, 6.45) is 0. The summed E-state index contributed by atoms with van der Waals surface area (Å²) in [5, 5.41) is 0. The van der Waals surface area contributed by atoms with Crippen LogP contribution in [0.1, 0.15) is 5.56 Å². The summed E-state index contributed by atoms with van der Waals surface area (Å²) in [4.78, 5) is 2.13. The third-order valence-electron chi connectivity index (χ3n) is 2.13. The molecule has 1 aromatic carbocycles. The van der Waals surface area contributed by atoms with Crippen molar-refractivity contribution in [2.75, 3.05) is 27.3 Å². The SMILES string of the molecule is COCCN(C)Cc1ccc(F)cc1Br. The van der Waals surface area contributed by atoms with E-state index in [4.69, 9.17) is 4.74 Å². The number of hydrogen-bond acceptors (Lipinski definition) is 2. The average molecular weight is 276 g/mol. The zero-order valence-electron chi connectivity index (χ0n) is 8.96. The second-order valence-electron chi connectivity index (χ2n) is 3.47. The highest BCUT2D eigenvalue weighted by molar-refractivity contribution is 9.10. The fraction of sp³-hybridized carbons (Fsp3) is 0.455. The van der Waals surface area contributed by atoms with Crippen LogP contribution in [0.15, 0.2) is 22.7 Å². The van der Waals surface area contributed by atoms with E-state index in [0.717, 1.165) is 23.1 Å². The summed E-state index contributed by atoms with van der Waals surface area (Å²) in [7, 11) is 3.69. The van der Waals surface area contributed by atoms with E-state index >= 15 is 0 Å². The molecule has 2 nitrogen and oxygen atoms in total. The van der Waals surface area contributed by atoms with Gasteiger partial charge >= 0.3 is 0 Å². The summed E-state index contributed by atoms with van der Waals surface area (Å²) in [5.41, 5.74) is 1.08. The molecule has 0 bridgehead atoms. The van der Waals surface area contributed by atoms with Gasteiger partial charge in [0, 0.05) is 24.7 Å². The molecule has 1 aromatic rings. The molecule has 0 aliphatic carbocycles. The Morgan fingerprint density at radius 1 is 1.47 bits per heavy atom. The zero-order chi connectivity index (χ0) is 11.3. The number of halogens is 2. The first kappa shape index (κ1) is 12.6. The van der Waals surface area contributed by atoms with Crippen LogP contribution in [0.5, 0.6) is 0 Å². The predicted molar refractivity (Wildman–Crippen MR) is 62.3 cm³/mol. The Morgan fingerprint density at radius 2 is 2.20 bits per heavy atom. The molecule has 0 aromatic heterocycles. The maximum Gasteiger partial charge on any atom is 0.124 e. The van der Waals surface area contributed by atoms with Crippen LogP contribution >= 0.6 is 15.9 Å². The smallest absolute Gasteiger partial charge is 0.124 e. The van der Waals surface area contributed by atoms with Crippen molar-refractivity contribution in [2.24, 2.45) is 0 Å².